The van der Waals surface area contributed by atoms with Gasteiger partial charge in [-0.2, -0.15) is 0 Å². The van der Waals surface area contributed by atoms with Crippen molar-refractivity contribution >= 4 is 23.2 Å². The molecule has 0 aliphatic carbocycles. The molecule has 2 aromatic carbocycles. The van der Waals surface area contributed by atoms with Gasteiger partial charge in [0.05, 0.1) is 7.11 Å². The number of benzene rings is 2. The summed E-state index contributed by atoms with van der Waals surface area (Å²) in [6, 6.07) is 10.9. The SMILES string of the molecule is COc1cccc(CN)c1OCc1ccc(Cl)cc1Cl. The molecule has 0 aliphatic rings. The lowest BCUT2D eigenvalue weighted by Crippen LogP contribution is -2.04. The lowest BCUT2D eigenvalue weighted by molar-refractivity contribution is 0.281. The number of para-hydroxylation sites is 1. The van der Waals surface area contributed by atoms with Gasteiger partial charge in [-0.15, -0.1) is 0 Å². The molecule has 0 spiro atoms. The van der Waals surface area contributed by atoms with E-state index >= 15 is 0 Å². The summed E-state index contributed by atoms with van der Waals surface area (Å²) in [6.45, 7) is 0.699. The minimum absolute atomic E-state index is 0.323. The lowest BCUT2D eigenvalue weighted by atomic mass is 10.2. The van der Waals surface area contributed by atoms with Gasteiger partial charge in [0, 0.05) is 27.7 Å². The molecule has 0 amide bonds. The second kappa shape index (κ2) is 6.84. The van der Waals surface area contributed by atoms with Crippen LogP contribution in [0.1, 0.15) is 11.1 Å². The Balaban J connectivity index is 2.22. The van der Waals surface area contributed by atoms with Crippen LogP contribution in [0.5, 0.6) is 11.5 Å². The molecule has 0 unspecified atom stereocenters. The number of hydrogen-bond donors (Lipinski definition) is 1. The highest BCUT2D eigenvalue weighted by atomic mass is 35.5. The van der Waals surface area contributed by atoms with Crippen molar-refractivity contribution in [2.24, 2.45) is 5.73 Å². The molecule has 3 nitrogen and oxygen atoms in total. The van der Waals surface area contributed by atoms with Crippen molar-refractivity contribution in [2.75, 3.05) is 7.11 Å². The topological polar surface area (TPSA) is 44.5 Å². The Kier molecular flexibility index (Phi) is 5.12. The van der Waals surface area contributed by atoms with Gasteiger partial charge in [-0.05, 0) is 18.2 Å². The largest absolute Gasteiger partial charge is 0.493 e. The summed E-state index contributed by atoms with van der Waals surface area (Å²) in [5.41, 5.74) is 7.45. The molecule has 2 rings (SSSR count). The third-order valence-electron chi connectivity index (χ3n) is 2.89. The molecule has 106 valence electrons. The smallest absolute Gasteiger partial charge is 0.166 e. The first-order valence-corrected chi connectivity index (χ1v) is 6.84. The highest BCUT2D eigenvalue weighted by Gasteiger charge is 2.10. The average molecular weight is 312 g/mol. The first-order chi connectivity index (χ1) is 9.65. The fraction of sp³-hybridized carbons (Fsp3) is 0.200. The standard InChI is InChI=1S/C15H15Cl2NO2/c1-19-14-4-2-3-10(8-18)15(14)20-9-11-5-6-12(16)7-13(11)17/h2-7H,8-9,18H2,1H3. The summed E-state index contributed by atoms with van der Waals surface area (Å²) >= 11 is 12.0. The number of nitrogens with two attached hydrogens (primary N) is 1. The molecule has 5 heteroatoms. The number of rotatable bonds is 5. The van der Waals surface area contributed by atoms with Gasteiger partial charge in [-0.3, -0.25) is 0 Å². The Bertz CT molecular complexity index is 580. The minimum atomic E-state index is 0.323. The van der Waals surface area contributed by atoms with Crippen LogP contribution in [0.25, 0.3) is 0 Å². The van der Waals surface area contributed by atoms with Crippen molar-refractivity contribution in [3.05, 3.63) is 57.6 Å². The molecule has 0 saturated carbocycles. The van der Waals surface area contributed by atoms with Gasteiger partial charge >= 0.3 is 0 Å². The number of halogens is 2. The maximum absolute atomic E-state index is 6.12. The van der Waals surface area contributed by atoms with Crippen LogP contribution >= 0.6 is 23.2 Å². The van der Waals surface area contributed by atoms with Gasteiger partial charge in [0.2, 0.25) is 0 Å². The number of methoxy groups -OCH3 is 1. The Hall–Kier alpha value is -1.42. The molecular formula is C15H15Cl2NO2. The summed E-state index contributed by atoms with van der Waals surface area (Å²) in [6.07, 6.45) is 0. The summed E-state index contributed by atoms with van der Waals surface area (Å²) in [7, 11) is 1.59. The van der Waals surface area contributed by atoms with E-state index in [0.717, 1.165) is 11.1 Å². The van der Waals surface area contributed by atoms with Crippen LogP contribution in [0.3, 0.4) is 0 Å². The van der Waals surface area contributed by atoms with Crippen LogP contribution in [-0.4, -0.2) is 7.11 Å². The maximum atomic E-state index is 6.12. The third kappa shape index (κ3) is 3.37. The molecule has 2 aromatic rings. The summed E-state index contributed by atoms with van der Waals surface area (Å²) in [4.78, 5) is 0. The number of hydrogen-bond acceptors (Lipinski definition) is 3. The molecule has 0 aliphatic heterocycles. The van der Waals surface area contributed by atoms with Crippen LogP contribution in [0, 0.1) is 0 Å². The molecule has 0 saturated heterocycles. The van der Waals surface area contributed by atoms with Crippen molar-refractivity contribution < 1.29 is 9.47 Å². The summed E-state index contributed by atoms with van der Waals surface area (Å²) in [5.74, 6) is 1.29. The van der Waals surface area contributed by atoms with Gasteiger partial charge in [0.25, 0.3) is 0 Å². The quantitative estimate of drug-likeness (QED) is 0.906. The van der Waals surface area contributed by atoms with Crippen LogP contribution in [0.15, 0.2) is 36.4 Å². The predicted octanol–water partition coefficient (Wildman–Crippen LogP) is 4.04. The average Bonchev–Trinajstić information content (AvgIpc) is 2.46. The van der Waals surface area contributed by atoms with E-state index in [2.05, 4.69) is 0 Å². The molecule has 0 atom stereocenters. The van der Waals surface area contributed by atoms with Crippen molar-refractivity contribution in [2.45, 2.75) is 13.2 Å². The molecule has 0 heterocycles. The molecule has 0 aromatic heterocycles. The second-order valence-corrected chi connectivity index (χ2v) is 5.02. The van der Waals surface area contributed by atoms with E-state index in [4.69, 9.17) is 38.4 Å². The van der Waals surface area contributed by atoms with Gasteiger partial charge in [-0.25, -0.2) is 0 Å². The first-order valence-electron chi connectivity index (χ1n) is 6.08. The van der Waals surface area contributed by atoms with Gasteiger partial charge in [0.1, 0.15) is 6.61 Å². The summed E-state index contributed by atoms with van der Waals surface area (Å²) < 4.78 is 11.1. The highest BCUT2D eigenvalue weighted by molar-refractivity contribution is 6.35. The maximum Gasteiger partial charge on any atom is 0.166 e. The molecule has 0 bridgehead atoms. The van der Waals surface area contributed by atoms with Crippen LogP contribution in [-0.2, 0) is 13.2 Å². The fourth-order valence-electron chi connectivity index (χ4n) is 1.84. The third-order valence-corrected chi connectivity index (χ3v) is 3.47. The van der Waals surface area contributed by atoms with Crippen molar-refractivity contribution in [1.82, 2.24) is 0 Å². The van der Waals surface area contributed by atoms with E-state index < -0.39 is 0 Å². The zero-order valence-electron chi connectivity index (χ0n) is 11.0. The van der Waals surface area contributed by atoms with Crippen molar-refractivity contribution in [1.29, 1.82) is 0 Å². The van der Waals surface area contributed by atoms with E-state index in [1.54, 1.807) is 19.2 Å². The number of ether oxygens (including phenoxy) is 2. The monoisotopic (exact) mass is 311 g/mol. The summed E-state index contributed by atoms with van der Waals surface area (Å²) in [5, 5.41) is 1.17. The Morgan fingerprint density at radius 1 is 1.10 bits per heavy atom. The van der Waals surface area contributed by atoms with E-state index in [-0.39, 0.29) is 0 Å². The first kappa shape index (κ1) is 15.0. The molecule has 2 N–H and O–H groups in total. The van der Waals surface area contributed by atoms with Crippen LogP contribution in [0.4, 0.5) is 0 Å². The zero-order valence-corrected chi connectivity index (χ0v) is 12.5. The molecule has 0 radical (unpaired) electrons. The van der Waals surface area contributed by atoms with Crippen LogP contribution in [0.2, 0.25) is 10.0 Å². The van der Waals surface area contributed by atoms with E-state index in [0.29, 0.717) is 34.7 Å². The highest BCUT2D eigenvalue weighted by Crippen LogP contribution is 2.32. The van der Waals surface area contributed by atoms with Crippen molar-refractivity contribution in [3.63, 3.8) is 0 Å². The van der Waals surface area contributed by atoms with Crippen LogP contribution < -0.4 is 15.2 Å². The van der Waals surface area contributed by atoms with Crippen molar-refractivity contribution in [3.8, 4) is 11.5 Å². The Morgan fingerprint density at radius 2 is 1.90 bits per heavy atom. The van der Waals surface area contributed by atoms with E-state index in [9.17, 15) is 0 Å². The molecular weight excluding hydrogens is 297 g/mol. The lowest BCUT2D eigenvalue weighted by Gasteiger charge is -2.14. The van der Waals surface area contributed by atoms with Gasteiger partial charge < -0.3 is 15.2 Å². The van der Waals surface area contributed by atoms with Gasteiger partial charge in [0.15, 0.2) is 11.5 Å². The predicted molar refractivity (Wildman–Crippen MR) is 81.7 cm³/mol. The fourth-order valence-corrected chi connectivity index (χ4v) is 2.30. The van der Waals surface area contributed by atoms with E-state index in [1.807, 2.05) is 24.3 Å². The Labute approximate surface area is 128 Å². The van der Waals surface area contributed by atoms with E-state index in [1.165, 1.54) is 0 Å². The Morgan fingerprint density at radius 3 is 2.55 bits per heavy atom. The molecule has 0 fully saturated rings. The molecule has 20 heavy (non-hydrogen) atoms. The van der Waals surface area contributed by atoms with Gasteiger partial charge in [-0.1, -0.05) is 41.4 Å². The normalized spacial score (nSPS) is 10.4. The minimum Gasteiger partial charge on any atom is -0.493 e. The zero-order chi connectivity index (χ0) is 14.5. The second-order valence-electron chi connectivity index (χ2n) is 4.18.